The number of carbonyl (C=O) groups excluding carboxylic acids is 4. The minimum atomic E-state index is -4.55. The van der Waals surface area contributed by atoms with E-state index in [1.165, 1.54) is 29.3 Å². The third-order valence-corrected chi connectivity index (χ3v) is 8.72. The first-order chi connectivity index (χ1) is 18.6. The van der Waals surface area contributed by atoms with Crippen LogP contribution in [-0.2, 0) is 19.6 Å². The van der Waals surface area contributed by atoms with Crippen LogP contribution in [0.1, 0.15) is 47.5 Å². The number of amides is 2. The van der Waals surface area contributed by atoms with E-state index in [1.807, 2.05) is 13.8 Å². The molecule has 3 atom stereocenters. The number of nitrogens with zero attached hydrogens (tertiary/aromatic N) is 3. The summed E-state index contributed by atoms with van der Waals surface area (Å²) in [6.07, 6.45) is 1.79. The first-order valence-electron chi connectivity index (χ1n) is 12.6. The van der Waals surface area contributed by atoms with Crippen molar-refractivity contribution in [2.75, 3.05) is 19.9 Å². The highest BCUT2D eigenvalue weighted by Crippen LogP contribution is 2.34. The highest BCUT2D eigenvalue weighted by atomic mass is 32.2. The standard InChI is InChI=1S/C26H28N4O8S/c1-15(2)11-18(28-24(32)16-6-7-21-22(12-16)38-14-37-21)25(33)29-10-8-19-23(29)20(31)13-30(19)39(35,36)26(34)17-5-3-4-9-27-17/h3-7,9,12,15,18-19,23H,8,10-11,13-14H2,1-2H3,(H,28,32). The van der Waals surface area contributed by atoms with E-state index in [4.69, 9.17) is 9.47 Å². The molecule has 39 heavy (non-hydrogen) atoms. The van der Waals surface area contributed by atoms with Crippen LogP contribution in [-0.4, -0.2) is 83.3 Å². The predicted molar refractivity (Wildman–Crippen MR) is 136 cm³/mol. The molecule has 0 saturated carbocycles. The van der Waals surface area contributed by atoms with Crippen LogP contribution < -0.4 is 14.8 Å². The van der Waals surface area contributed by atoms with Crippen molar-refractivity contribution in [2.24, 2.45) is 5.92 Å². The second-order valence-corrected chi connectivity index (χ2v) is 11.9. The fourth-order valence-corrected chi connectivity index (χ4v) is 6.71. The van der Waals surface area contributed by atoms with E-state index in [-0.39, 0.29) is 36.9 Å². The number of rotatable bonds is 7. The molecule has 0 aliphatic carbocycles. The fraction of sp³-hybridized carbons (Fsp3) is 0.423. The van der Waals surface area contributed by atoms with Crippen molar-refractivity contribution in [1.29, 1.82) is 0 Å². The Hall–Kier alpha value is -3.84. The summed E-state index contributed by atoms with van der Waals surface area (Å²) >= 11 is 0. The van der Waals surface area contributed by atoms with Crippen molar-refractivity contribution in [1.82, 2.24) is 19.5 Å². The summed E-state index contributed by atoms with van der Waals surface area (Å²) in [6.45, 7) is 3.45. The molecule has 2 aromatic rings. The summed E-state index contributed by atoms with van der Waals surface area (Å²) in [5.74, 6) is -0.477. The van der Waals surface area contributed by atoms with Crippen LogP contribution in [0.4, 0.5) is 0 Å². The van der Waals surface area contributed by atoms with Crippen molar-refractivity contribution >= 4 is 32.7 Å². The average molecular weight is 557 g/mol. The number of ketones is 1. The molecule has 1 aromatic carbocycles. The zero-order valence-electron chi connectivity index (χ0n) is 21.4. The number of carbonyl (C=O) groups is 4. The van der Waals surface area contributed by atoms with Gasteiger partial charge in [-0.15, -0.1) is 0 Å². The summed E-state index contributed by atoms with van der Waals surface area (Å²) in [4.78, 5) is 57.7. The minimum absolute atomic E-state index is 0.0292. The van der Waals surface area contributed by atoms with E-state index in [1.54, 1.807) is 18.2 Å². The van der Waals surface area contributed by atoms with E-state index in [9.17, 15) is 27.6 Å². The molecule has 0 bridgehead atoms. The maximum atomic E-state index is 13.7. The van der Waals surface area contributed by atoms with Crippen LogP contribution in [0.3, 0.4) is 0 Å². The molecule has 1 aromatic heterocycles. The van der Waals surface area contributed by atoms with Crippen LogP contribution in [0.15, 0.2) is 42.6 Å². The Kier molecular flexibility index (Phi) is 7.12. The highest BCUT2D eigenvalue weighted by molar-refractivity contribution is 8.04. The Morgan fingerprint density at radius 1 is 1.13 bits per heavy atom. The molecule has 3 unspecified atom stereocenters. The van der Waals surface area contributed by atoms with Gasteiger partial charge in [0.15, 0.2) is 17.3 Å². The van der Waals surface area contributed by atoms with E-state index < -0.39 is 57.4 Å². The monoisotopic (exact) mass is 556 g/mol. The lowest BCUT2D eigenvalue weighted by atomic mass is 10.0. The van der Waals surface area contributed by atoms with Crippen molar-refractivity contribution in [3.8, 4) is 11.5 Å². The predicted octanol–water partition coefficient (Wildman–Crippen LogP) is 0.979. The summed E-state index contributed by atoms with van der Waals surface area (Å²) in [7, 11) is -4.55. The molecular weight excluding hydrogens is 528 g/mol. The zero-order valence-corrected chi connectivity index (χ0v) is 22.2. The number of fused-ring (bicyclic) bond motifs is 2. The number of aromatic nitrogens is 1. The SMILES string of the molecule is CC(C)CC(NC(=O)c1ccc2c(c1)OCO2)C(=O)N1CCC2C1C(=O)CN2S(=O)(=O)C(=O)c1ccccn1. The molecule has 0 radical (unpaired) electrons. The second-order valence-electron chi connectivity index (χ2n) is 10.1. The van der Waals surface area contributed by atoms with Gasteiger partial charge in [-0.1, -0.05) is 19.9 Å². The first kappa shape index (κ1) is 26.8. The Bertz CT molecular complexity index is 1430. The quantitative estimate of drug-likeness (QED) is 0.526. The summed E-state index contributed by atoms with van der Waals surface area (Å²) in [5.41, 5.74) is 0.0323. The number of likely N-dealkylation sites (tertiary alicyclic amines) is 1. The van der Waals surface area contributed by atoms with Crippen LogP contribution in [0, 0.1) is 5.92 Å². The summed E-state index contributed by atoms with van der Waals surface area (Å²) < 4.78 is 37.8. The van der Waals surface area contributed by atoms with E-state index in [0.717, 1.165) is 4.31 Å². The van der Waals surface area contributed by atoms with Crippen molar-refractivity contribution in [3.63, 3.8) is 0 Å². The van der Waals surface area contributed by atoms with Gasteiger partial charge in [-0.25, -0.2) is 8.42 Å². The van der Waals surface area contributed by atoms with Crippen LogP contribution >= 0.6 is 0 Å². The molecule has 3 aliphatic heterocycles. The normalized spacial score (nSPS) is 21.2. The van der Waals surface area contributed by atoms with Gasteiger partial charge < -0.3 is 19.7 Å². The van der Waals surface area contributed by atoms with E-state index >= 15 is 0 Å². The third kappa shape index (κ3) is 4.99. The molecule has 4 heterocycles. The molecular formula is C26H28N4O8S. The van der Waals surface area contributed by atoms with Gasteiger partial charge in [0.1, 0.15) is 17.8 Å². The molecule has 13 heteroatoms. The smallest absolute Gasteiger partial charge is 0.310 e. The summed E-state index contributed by atoms with van der Waals surface area (Å²) in [5, 5.41) is 1.58. The molecule has 2 saturated heterocycles. The van der Waals surface area contributed by atoms with Gasteiger partial charge in [0.25, 0.3) is 15.9 Å². The first-order valence-corrected chi connectivity index (χ1v) is 14.0. The second kappa shape index (κ2) is 10.4. The number of pyridine rings is 1. The molecule has 0 spiro atoms. The van der Waals surface area contributed by atoms with Gasteiger partial charge in [0.05, 0.1) is 12.6 Å². The lowest BCUT2D eigenvalue weighted by Crippen LogP contribution is -2.53. The van der Waals surface area contributed by atoms with E-state index in [0.29, 0.717) is 17.9 Å². The van der Waals surface area contributed by atoms with Gasteiger partial charge >= 0.3 is 5.12 Å². The topological polar surface area (TPSA) is 152 Å². The van der Waals surface area contributed by atoms with Gasteiger partial charge in [-0.05, 0) is 49.1 Å². The fourth-order valence-electron chi connectivity index (χ4n) is 5.24. The van der Waals surface area contributed by atoms with Crippen LogP contribution in [0.25, 0.3) is 0 Å². The maximum Gasteiger partial charge on any atom is 0.310 e. The Morgan fingerprint density at radius 3 is 2.62 bits per heavy atom. The van der Waals surface area contributed by atoms with Crippen LogP contribution in [0.2, 0.25) is 0 Å². The molecule has 2 amide bonds. The van der Waals surface area contributed by atoms with Crippen LogP contribution in [0.5, 0.6) is 11.5 Å². The number of ether oxygens (including phenoxy) is 2. The van der Waals surface area contributed by atoms with Gasteiger partial charge in [0, 0.05) is 18.3 Å². The third-order valence-electron chi connectivity index (χ3n) is 7.02. The van der Waals surface area contributed by atoms with E-state index in [2.05, 4.69) is 10.3 Å². The minimum Gasteiger partial charge on any atom is -0.454 e. The number of benzene rings is 1. The molecule has 12 nitrogen and oxygen atoms in total. The van der Waals surface area contributed by atoms with Crippen molar-refractivity contribution in [3.05, 3.63) is 53.9 Å². The molecule has 2 fully saturated rings. The Morgan fingerprint density at radius 2 is 1.90 bits per heavy atom. The molecule has 206 valence electrons. The number of nitrogens with one attached hydrogen (secondary N) is 1. The van der Waals surface area contributed by atoms with Gasteiger partial charge in [0.2, 0.25) is 12.7 Å². The summed E-state index contributed by atoms with van der Waals surface area (Å²) in [6, 6.07) is 6.18. The number of hydrogen-bond donors (Lipinski definition) is 1. The molecule has 3 aliphatic rings. The lowest BCUT2D eigenvalue weighted by molar-refractivity contribution is -0.138. The van der Waals surface area contributed by atoms with Crippen molar-refractivity contribution in [2.45, 2.75) is 44.8 Å². The lowest BCUT2D eigenvalue weighted by Gasteiger charge is -2.29. The Balaban J connectivity index is 1.34. The molecule has 1 N–H and O–H groups in total. The van der Waals surface area contributed by atoms with Gasteiger partial charge in [-0.2, -0.15) is 4.31 Å². The zero-order chi connectivity index (χ0) is 27.9. The van der Waals surface area contributed by atoms with Crippen molar-refractivity contribution < 1.29 is 37.1 Å². The molecule has 5 rings (SSSR count). The number of hydrogen-bond acceptors (Lipinski definition) is 9. The van der Waals surface area contributed by atoms with Gasteiger partial charge in [-0.3, -0.25) is 24.2 Å². The number of sulfonamides is 1. The average Bonchev–Trinajstić information content (AvgIpc) is 3.64. The maximum absolute atomic E-state index is 13.7. The Labute approximate surface area is 225 Å². The highest BCUT2D eigenvalue weighted by Gasteiger charge is 2.55. The largest absolute Gasteiger partial charge is 0.454 e. The number of Topliss-reactive ketones (excluding diaryl/α,β-unsaturated/α-hetero) is 1.